The quantitative estimate of drug-likeness (QED) is 0.794. The van der Waals surface area contributed by atoms with Crippen LogP contribution in [-0.4, -0.2) is 25.3 Å². The average molecular weight is 311 g/mol. The second-order valence-electron chi connectivity index (χ2n) is 4.83. The first kappa shape index (κ1) is 13.9. The molecule has 2 heterocycles. The summed E-state index contributed by atoms with van der Waals surface area (Å²) in [6, 6.07) is 7.70. The fraction of sp³-hybridized carbons (Fsp3) is 0.400. The van der Waals surface area contributed by atoms with Gasteiger partial charge in [0.15, 0.2) is 0 Å². The predicted octanol–water partition coefficient (Wildman–Crippen LogP) is 4.28. The zero-order valence-electron chi connectivity index (χ0n) is 10.9. The highest BCUT2D eigenvalue weighted by molar-refractivity contribution is 7.21. The Morgan fingerprint density at radius 1 is 1.40 bits per heavy atom. The summed E-state index contributed by atoms with van der Waals surface area (Å²) >= 11 is 7.62. The first-order chi connectivity index (χ1) is 9.75. The molecule has 2 aromatic rings. The number of halogens is 1. The van der Waals surface area contributed by atoms with E-state index in [0.29, 0.717) is 16.5 Å². The lowest BCUT2D eigenvalue weighted by molar-refractivity contribution is -0.0298. The minimum atomic E-state index is -0.356. The van der Waals surface area contributed by atoms with Crippen molar-refractivity contribution in [2.24, 2.45) is 0 Å². The number of hydrogen-bond donors (Lipinski definition) is 0. The Morgan fingerprint density at radius 3 is 3.00 bits per heavy atom. The van der Waals surface area contributed by atoms with Gasteiger partial charge in [0.2, 0.25) is 0 Å². The number of esters is 1. The number of rotatable bonds is 3. The van der Waals surface area contributed by atoms with Crippen molar-refractivity contribution in [3.05, 3.63) is 34.2 Å². The number of ether oxygens (including phenoxy) is 2. The molecule has 0 saturated carbocycles. The van der Waals surface area contributed by atoms with E-state index in [2.05, 4.69) is 0 Å². The first-order valence-electron chi connectivity index (χ1n) is 6.71. The first-order valence-corrected chi connectivity index (χ1v) is 7.91. The minimum absolute atomic E-state index is 0.0286. The van der Waals surface area contributed by atoms with Crippen molar-refractivity contribution in [3.63, 3.8) is 0 Å². The van der Waals surface area contributed by atoms with Gasteiger partial charge >= 0.3 is 5.97 Å². The van der Waals surface area contributed by atoms with Crippen molar-refractivity contribution in [1.29, 1.82) is 0 Å². The summed E-state index contributed by atoms with van der Waals surface area (Å²) in [5.74, 6) is -0.356. The van der Waals surface area contributed by atoms with Gasteiger partial charge in [0.05, 0.1) is 11.1 Å². The van der Waals surface area contributed by atoms with Gasteiger partial charge in [0, 0.05) is 16.7 Å². The summed E-state index contributed by atoms with van der Waals surface area (Å²) in [4.78, 5) is 12.6. The van der Waals surface area contributed by atoms with E-state index in [-0.39, 0.29) is 12.1 Å². The lowest BCUT2D eigenvalue weighted by Gasteiger charge is -2.21. The molecule has 1 aromatic carbocycles. The second-order valence-corrected chi connectivity index (χ2v) is 6.26. The molecule has 0 N–H and O–H groups in total. The standard InChI is InChI=1S/C15H15ClO3S/c16-13-11-6-1-2-7-12(11)20-14(13)15(17)19-9-10-5-3-4-8-18-10/h1-2,6-7,10H,3-5,8-9H2. The summed E-state index contributed by atoms with van der Waals surface area (Å²) in [5.41, 5.74) is 0. The molecular weight excluding hydrogens is 296 g/mol. The van der Waals surface area contributed by atoms with Crippen molar-refractivity contribution in [1.82, 2.24) is 0 Å². The molecule has 3 rings (SSSR count). The number of benzene rings is 1. The van der Waals surface area contributed by atoms with Gasteiger partial charge in [0.1, 0.15) is 11.5 Å². The molecule has 0 bridgehead atoms. The molecule has 0 radical (unpaired) electrons. The van der Waals surface area contributed by atoms with Gasteiger partial charge in [-0.25, -0.2) is 4.79 Å². The third-order valence-corrected chi connectivity index (χ3v) is 5.05. The largest absolute Gasteiger partial charge is 0.459 e. The van der Waals surface area contributed by atoms with E-state index in [1.807, 2.05) is 24.3 Å². The van der Waals surface area contributed by atoms with Crippen LogP contribution in [-0.2, 0) is 9.47 Å². The van der Waals surface area contributed by atoms with Crippen LogP contribution in [0.2, 0.25) is 5.02 Å². The van der Waals surface area contributed by atoms with Crippen LogP contribution in [0.1, 0.15) is 28.9 Å². The van der Waals surface area contributed by atoms with Crippen molar-refractivity contribution in [2.75, 3.05) is 13.2 Å². The van der Waals surface area contributed by atoms with Crippen molar-refractivity contribution in [3.8, 4) is 0 Å². The molecule has 3 nitrogen and oxygen atoms in total. The fourth-order valence-corrected chi connectivity index (χ4v) is 3.72. The zero-order chi connectivity index (χ0) is 13.9. The molecule has 1 fully saturated rings. The maximum Gasteiger partial charge on any atom is 0.349 e. The molecular formula is C15H15ClO3S. The van der Waals surface area contributed by atoms with E-state index in [4.69, 9.17) is 21.1 Å². The molecule has 1 unspecified atom stereocenters. The lowest BCUT2D eigenvalue weighted by atomic mass is 10.1. The van der Waals surface area contributed by atoms with Crippen LogP contribution in [0.25, 0.3) is 10.1 Å². The number of carbonyl (C=O) groups is 1. The maximum atomic E-state index is 12.1. The van der Waals surface area contributed by atoms with Crippen molar-refractivity contribution >= 4 is 39.0 Å². The number of carbonyl (C=O) groups excluding carboxylic acids is 1. The molecule has 106 valence electrons. The van der Waals surface area contributed by atoms with Crippen molar-refractivity contribution in [2.45, 2.75) is 25.4 Å². The van der Waals surface area contributed by atoms with E-state index in [9.17, 15) is 4.79 Å². The minimum Gasteiger partial charge on any atom is -0.459 e. The monoisotopic (exact) mass is 310 g/mol. The molecule has 1 saturated heterocycles. The predicted molar refractivity (Wildman–Crippen MR) is 80.7 cm³/mol. The summed E-state index contributed by atoms with van der Waals surface area (Å²) in [5, 5.41) is 1.39. The van der Waals surface area contributed by atoms with Crippen molar-refractivity contribution < 1.29 is 14.3 Å². The molecule has 0 amide bonds. The molecule has 1 aromatic heterocycles. The Morgan fingerprint density at radius 2 is 2.25 bits per heavy atom. The molecule has 1 aliphatic heterocycles. The molecule has 0 spiro atoms. The van der Waals surface area contributed by atoms with E-state index < -0.39 is 0 Å². The van der Waals surface area contributed by atoms with Crippen LogP contribution in [0.15, 0.2) is 24.3 Å². The summed E-state index contributed by atoms with van der Waals surface area (Å²) in [7, 11) is 0. The molecule has 1 aliphatic rings. The van der Waals surface area contributed by atoms with E-state index >= 15 is 0 Å². The smallest absolute Gasteiger partial charge is 0.349 e. The van der Waals surface area contributed by atoms with Gasteiger partial charge < -0.3 is 9.47 Å². The Bertz CT molecular complexity index is 617. The van der Waals surface area contributed by atoms with Gasteiger partial charge in [-0.05, 0) is 25.3 Å². The van der Waals surface area contributed by atoms with Gasteiger partial charge in [-0.2, -0.15) is 0 Å². The number of thiophene rings is 1. The van der Waals surface area contributed by atoms with Gasteiger partial charge in [-0.3, -0.25) is 0 Å². The molecule has 1 atom stereocenters. The van der Waals surface area contributed by atoms with Gasteiger partial charge in [-0.15, -0.1) is 11.3 Å². The Labute approximate surface area is 126 Å². The number of fused-ring (bicyclic) bond motifs is 1. The van der Waals surface area contributed by atoms with Crippen LogP contribution in [0.4, 0.5) is 0 Å². The van der Waals surface area contributed by atoms with Crippen LogP contribution < -0.4 is 0 Å². The van der Waals surface area contributed by atoms with Crippen LogP contribution in [0.5, 0.6) is 0 Å². The average Bonchev–Trinajstić information content (AvgIpc) is 2.84. The SMILES string of the molecule is O=C(OCC1CCCCO1)c1sc2ccccc2c1Cl. The topological polar surface area (TPSA) is 35.5 Å². The highest BCUT2D eigenvalue weighted by Crippen LogP contribution is 2.35. The Hall–Kier alpha value is -1.10. The van der Waals surface area contributed by atoms with Gasteiger partial charge in [-0.1, -0.05) is 29.8 Å². The summed E-state index contributed by atoms with van der Waals surface area (Å²) in [6.45, 7) is 1.06. The summed E-state index contributed by atoms with van der Waals surface area (Å²) < 4.78 is 11.9. The second kappa shape index (κ2) is 6.12. The molecule has 5 heteroatoms. The highest BCUT2D eigenvalue weighted by atomic mass is 35.5. The normalized spacial score (nSPS) is 19.1. The zero-order valence-corrected chi connectivity index (χ0v) is 12.5. The number of hydrogen-bond acceptors (Lipinski definition) is 4. The fourth-order valence-electron chi connectivity index (χ4n) is 2.32. The van der Waals surface area contributed by atoms with Crippen LogP contribution in [0, 0.1) is 0 Å². The Balaban J connectivity index is 1.70. The van der Waals surface area contributed by atoms with Crippen LogP contribution >= 0.6 is 22.9 Å². The van der Waals surface area contributed by atoms with E-state index in [0.717, 1.165) is 36.0 Å². The Kier molecular flexibility index (Phi) is 4.24. The van der Waals surface area contributed by atoms with Gasteiger partial charge in [0.25, 0.3) is 0 Å². The van der Waals surface area contributed by atoms with E-state index in [1.54, 1.807) is 0 Å². The maximum absolute atomic E-state index is 12.1. The highest BCUT2D eigenvalue weighted by Gasteiger charge is 2.21. The lowest BCUT2D eigenvalue weighted by Crippen LogP contribution is -2.25. The van der Waals surface area contributed by atoms with E-state index in [1.165, 1.54) is 11.3 Å². The third kappa shape index (κ3) is 2.82. The summed E-state index contributed by atoms with van der Waals surface area (Å²) in [6.07, 6.45) is 3.20. The molecule has 0 aliphatic carbocycles. The third-order valence-electron chi connectivity index (χ3n) is 3.39. The molecule has 20 heavy (non-hydrogen) atoms. The van der Waals surface area contributed by atoms with Crippen LogP contribution in [0.3, 0.4) is 0 Å².